The molecule has 1 heterocycles. The number of unbranched alkanes of at least 4 members (excludes halogenated alkanes) is 10. The zero-order valence-corrected chi connectivity index (χ0v) is 18.2. The first-order chi connectivity index (χ1) is 13.9. The van der Waals surface area contributed by atoms with Gasteiger partial charge in [-0.25, -0.2) is 15.0 Å². The number of aromatic nitrogens is 3. The van der Waals surface area contributed by atoms with Crippen LogP contribution in [0.4, 0.5) is 5.95 Å². The van der Waals surface area contributed by atoms with Gasteiger partial charge in [0.05, 0.1) is 0 Å². The molecule has 0 bridgehead atoms. The van der Waals surface area contributed by atoms with Crippen molar-refractivity contribution in [2.24, 2.45) is 0 Å². The van der Waals surface area contributed by atoms with Gasteiger partial charge in [-0.3, -0.25) is 9.59 Å². The summed E-state index contributed by atoms with van der Waals surface area (Å²) in [6.45, 7) is 4.36. The molecule has 0 aliphatic rings. The Hall–Kier alpha value is -2.25. The Morgan fingerprint density at radius 1 is 0.724 bits per heavy atom. The van der Waals surface area contributed by atoms with Crippen molar-refractivity contribution < 1.29 is 19.8 Å². The Labute approximate surface area is 175 Å². The highest BCUT2D eigenvalue weighted by molar-refractivity contribution is 5.66. The standard InChI is InChI=1S/2C9H18O2.C3H4N4/c2*1-2-3-4-5-6-7-8-9(10)11;4-3-6-1-5-2-7-3/h2*2-8H2,1H3,(H,10,11);1-2H,(H2,4,5,6,7). The van der Waals surface area contributed by atoms with Gasteiger partial charge in [-0.1, -0.05) is 78.1 Å². The number of rotatable bonds is 14. The SMILES string of the molecule is CCCCCCCCC(=O)O.CCCCCCCCC(=O)O.Nc1ncncn1. The van der Waals surface area contributed by atoms with Gasteiger partial charge in [-0.2, -0.15) is 0 Å². The Morgan fingerprint density at radius 3 is 1.34 bits per heavy atom. The van der Waals surface area contributed by atoms with Crippen LogP contribution in [-0.2, 0) is 9.59 Å². The molecule has 0 saturated carbocycles. The van der Waals surface area contributed by atoms with Crippen LogP contribution in [0, 0.1) is 0 Å². The second-order valence-electron chi connectivity index (χ2n) is 6.82. The smallest absolute Gasteiger partial charge is 0.303 e. The number of aliphatic carboxylic acids is 2. The lowest BCUT2D eigenvalue weighted by Crippen LogP contribution is -1.93. The molecule has 8 nitrogen and oxygen atoms in total. The van der Waals surface area contributed by atoms with Crippen LogP contribution in [0.3, 0.4) is 0 Å². The quantitative estimate of drug-likeness (QED) is 0.359. The summed E-state index contributed by atoms with van der Waals surface area (Å²) in [6.07, 6.45) is 17.2. The van der Waals surface area contributed by atoms with Crippen molar-refractivity contribution in [3.05, 3.63) is 12.7 Å². The minimum absolute atomic E-state index is 0.259. The molecule has 0 amide bonds. The molecule has 0 fully saturated rings. The molecule has 1 rings (SSSR count). The molecule has 168 valence electrons. The third kappa shape index (κ3) is 30.7. The predicted octanol–water partition coefficient (Wildman–Crippen LogP) is 5.10. The predicted molar refractivity (Wildman–Crippen MR) is 115 cm³/mol. The van der Waals surface area contributed by atoms with Crippen LogP contribution >= 0.6 is 0 Å². The van der Waals surface area contributed by atoms with Crippen molar-refractivity contribution >= 4 is 17.9 Å². The van der Waals surface area contributed by atoms with E-state index in [4.69, 9.17) is 15.9 Å². The summed E-state index contributed by atoms with van der Waals surface area (Å²) in [5.74, 6) is -1.07. The molecular weight excluding hydrogens is 372 g/mol. The fourth-order valence-corrected chi connectivity index (χ4v) is 2.36. The van der Waals surface area contributed by atoms with Crippen LogP contribution in [0.5, 0.6) is 0 Å². The molecule has 4 N–H and O–H groups in total. The number of carboxylic acid groups (broad SMARTS) is 2. The van der Waals surface area contributed by atoms with Crippen LogP contribution in [0.2, 0.25) is 0 Å². The van der Waals surface area contributed by atoms with E-state index < -0.39 is 11.9 Å². The summed E-state index contributed by atoms with van der Waals surface area (Å²) in [5.41, 5.74) is 5.10. The minimum Gasteiger partial charge on any atom is -0.481 e. The van der Waals surface area contributed by atoms with Gasteiger partial charge in [-0.15, -0.1) is 0 Å². The third-order valence-corrected chi connectivity index (χ3v) is 4.00. The Bertz CT molecular complexity index is 461. The van der Waals surface area contributed by atoms with E-state index in [-0.39, 0.29) is 5.95 Å². The first kappa shape index (κ1) is 29.0. The molecule has 0 aliphatic heterocycles. The highest BCUT2D eigenvalue weighted by Crippen LogP contribution is 2.07. The fourth-order valence-electron chi connectivity index (χ4n) is 2.36. The monoisotopic (exact) mass is 412 g/mol. The van der Waals surface area contributed by atoms with Crippen LogP contribution in [0.25, 0.3) is 0 Å². The van der Waals surface area contributed by atoms with Crippen LogP contribution in [0.1, 0.15) is 104 Å². The second-order valence-corrected chi connectivity index (χ2v) is 6.82. The number of nitrogens with zero attached hydrogens (tertiary/aromatic N) is 3. The number of hydrogen-bond donors (Lipinski definition) is 3. The first-order valence-electron chi connectivity index (χ1n) is 10.7. The maximum Gasteiger partial charge on any atom is 0.303 e. The largest absolute Gasteiger partial charge is 0.481 e. The number of carbonyl (C=O) groups is 2. The Kier molecular flexibility index (Phi) is 23.8. The van der Waals surface area contributed by atoms with E-state index in [1.165, 1.54) is 64.0 Å². The van der Waals surface area contributed by atoms with E-state index in [2.05, 4.69) is 28.8 Å². The molecule has 1 aromatic heterocycles. The molecule has 8 heteroatoms. The minimum atomic E-state index is -0.666. The molecule has 0 radical (unpaired) electrons. The van der Waals surface area contributed by atoms with Gasteiger partial charge in [0.2, 0.25) is 5.95 Å². The lowest BCUT2D eigenvalue weighted by molar-refractivity contribution is -0.138. The summed E-state index contributed by atoms with van der Waals surface area (Å²) in [6, 6.07) is 0. The van der Waals surface area contributed by atoms with E-state index in [1.54, 1.807) is 0 Å². The third-order valence-electron chi connectivity index (χ3n) is 4.00. The first-order valence-corrected chi connectivity index (χ1v) is 10.7. The van der Waals surface area contributed by atoms with Crippen molar-refractivity contribution in [3.8, 4) is 0 Å². The summed E-state index contributed by atoms with van der Waals surface area (Å²) < 4.78 is 0. The van der Waals surface area contributed by atoms with Gasteiger partial charge < -0.3 is 15.9 Å². The fraction of sp³-hybridized carbons (Fsp3) is 0.762. The van der Waals surface area contributed by atoms with Gasteiger partial charge in [-0.05, 0) is 12.8 Å². The summed E-state index contributed by atoms with van der Waals surface area (Å²) in [4.78, 5) is 30.8. The zero-order chi connectivity index (χ0) is 22.2. The average Bonchev–Trinajstić information content (AvgIpc) is 2.68. The molecule has 1 aromatic rings. The number of carboxylic acids is 2. The Balaban J connectivity index is 0. The van der Waals surface area contributed by atoms with Crippen LogP contribution in [0.15, 0.2) is 12.7 Å². The normalized spacial score (nSPS) is 9.59. The maximum atomic E-state index is 10.1. The lowest BCUT2D eigenvalue weighted by atomic mass is 10.1. The van der Waals surface area contributed by atoms with Crippen LogP contribution < -0.4 is 5.73 Å². The summed E-state index contributed by atoms with van der Waals surface area (Å²) in [5, 5.41) is 16.6. The van der Waals surface area contributed by atoms with Gasteiger partial charge in [0, 0.05) is 12.8 Å². The van der Waals surface area contributed by atoms with Crippen molar-refractivity contribution in [3.63, 3.8) is 0 Å². The maximum absolute atomic E-state index is 10.1. The van der Waals surface area contributed by atoms with E-state index in [0.717, 1.165) is 25.7 Å². The molecule has 29 heavy (non-hydrogen) atoms. The number of nitrogen functional groups attached to an aromatic ring is 1. The topological polar surface area (TPSA) is 139 Å². The van der Waals surface area contributed by atoms with E-state index in [0.29, 0.717) is 12.8 Å². The molecular formula is C21H40N4O4. The Morgan fingerprint density at radius 2 is 1.07 bits per heavy atom. The summed E-state index contributed by atoms with van der Waals surface area (Å²) >= 11 is 0. The molecule has 0 atom stereocenters. The van der Waals surface area contributed by atoms with Gasteiger partial charge in [0.25, 0.3) is 0 Å². The van der Waals surface area contributed by atoms with E-state index in [9.17, 15) is 9.59 Å². The van der Waals surface area contributed by atoms with Crippen molar-refractivity contribution in [2.75, 3.05) is 5.73 Å². The number of anilines is 1. The highest BCUT2D eigenvalue weighted by atomic mass is 16.4. The van der Waals surface area contributed by atoms with Gasteiger partial charge in [0.1, 0.15) is 12.7 Å². The van der Waals surface area contributed by atoms with E-state index in [1.807, 2.05) is 0 Å². The highest BCUT2D eigenvalue weighted by Gasteiger charge is 1.96. The van der Waals surface area contributed by atoms with Crippen LogP contribution in [-0.4, -0.2) is 37.1 Å². The average molecular weight is 413 g/mol. The lowest BCUT2D eigenvalue weighted by Gasteiger charge is -1.97. The van der Waals surface area contributed by atoms with Gasteiger partial charge in [0.15, 0.2) is 0 Å². The number of hydrogen-bond acceptors (Lipinski definition) is 6. The van der Waals surface area contributed by atoms with Crippen molar-refractivity contribution in [2.45, 2.75) is 104 Å². The second kappa shape index (κ2) is 23.8. The van der Waals surface area contributed by atoms with Gasteiger partial charge >= 0.3 is 11.9 Å². The summed E-state index contributed by atoms with van der Waals surface area (Å²) in [7, 11) is 0. The van der Waals surface area contributed by atoms with Crippen molar-refractivity contribution in [1.29, 1.82) is 0 Å². The number of nitrogens with two attached hydrogens (primary N) is 1. The zero-order valence-electron chi connectivity index (χ0n) is 18.2. The molecule has 0 saturated heterocycles. The van der Waals surface area contributed by atoms with Crippen molar-refractivity contribution in [1.82, 2.24) is 15.0 Å². The molecule has 0 aliphatic carbocycles. The van der Waals surface area contributed by atoms with E-state index >= 15 is 0 Å². The molecule has 0 spiro atoms. The molecule has 0 unspecified atom stereocenters. The molecule has 0 aromatic carbocycles.